The van der Waals surface area contributed by atoms with Gasteiger partial charge in [-0.25, -0.2) is 4.79 Å². The second kappa shape index (κ2) is 4.97. The van der Waals surface area contributed by atoms with Gasteiger partial charge in [-0.3, -0.25) is 14.5 Å². The Morgan fingerprint density at radius 1 is 1.24 bits per heavy atom. The number of likely N-dealkylation sites (tertiary alicyclic amines) is 1. The molecule has 5 heteroatoms. The van der Waals surface area contributed by atoms with E-state index in [4.69, 9.17) is 0 Å². The lowest BCUT2D eigenvalue weighted by Crippen LogP contribution is -2.59. The maximum absolute atomic E-state index is 12.7. The second-order valence-corrected chi connectivity index (χ2v) is 6.71. The van der Waals surface area contributed by atoms with Crippen LogP contribution in [0.5, 0.6) is 0 Å². The molecule has 0 aromatic carbocycles. The summed E-state index contributed by atoms with van der Waals surface area (Å²) in [6.45, 7) is 2.00. The van der Waals surface area contributed by atoms with Gasteiger partial charge in [0, 0.05) is 0 Å². The third kappa shape index (κ3) is 2.01. The number of carboxylic acids is 1. The Bertz CT molecular complexity index is 500. The van der Waals surface area contributed by atoms with Crippen molar-refractivity contribution in [2.24, 2.45) is 17.8 Å². The van der Waals surface area contributed by atoms with Crippen molar-refractivity contribution in [3.8, 4) is 0 Å². The van der Waals surface area contributed by atoms with Crippen LogP contribution in [0.4, 0.5) is 0 Å². The number of hydrogen-bond acceptors (Lipinski definition) is 3. The number of aliphatic carboxylic acids is 1. The standard InChI is InChI=1S/C16H21NO4/c1-10-5-4-8-16(9-10,15(20)21)17-13(18)11-6-2-3-7-12(11)14(17)19/h2-3,10-12H,4-9H2,1H3,(H,20,21)/t10?,11-,12+,16?. The Morgan fingerprint density at radius 3 is 2.29 bits per heavy atom. The van der Waals surface area contributed by atoms with Gasteiger partial charge < -0.3 is 5.11 Å². The summed E-state index contributed by atoms with van der Waals surface area (Å²) in [6.07, 6.45) is 7.43. The highest BCUT2D eigenvalue weighted by molar-refractivity contribution is 6.09. The Labute approximate surface area is 124 Å². The Morgan fingerprint density at radius 2 is 1.81 bits per heavy atom. The van der Waals surface area contributed by atoms with E-state index < -0.39 is 11.5 Å². The molecule has 21 heavy (non-hydrogen) atoms. The molecule has 0 spiro atoms. The summed E-state index contributed by atoms with van der Waals surface area (Å²) in [5.41, 5.74) is -1.32. The molecule has 3 aliphatic rings. The van der Waals surface area contributed by atoms with Gasteiger partial charge in [-0.05, 0) is 31.6 Å². The van der Waals surface area contributed by atoms with Crippen molar-refractivity contribution in [2.45, 2.75) is 51.0 Å². The number of imide groups is 1. The summed E-state index contributed by atoms with van der Waals surface area (Å²) >= 11 is 0. The predicted molar refractivity (Wildman–Crippen MR) is 75.2 cm³/mol. The van der Waals surface area contributed by atoms with Crippen LogP contribution in [0.2, 0.25) is 0 Å². The summed E-state index contributed by atoms with van der Waals surface area (Å²) in [5, 5.41) is 9.77. The molecule has 1 N–H and O–H groups in total. The molecule has 0 bridgehead atoms. The lowest BCUT2D eigenvalue weighted by atomic mass is 9.75. The van der Waals surface area contributed by atoms with Gasteiger partial charge in [0.05, 0.1) is 11.8 Å². The molecular weight excluding hydrogens is 270 g/mol. The van der Waals surface area contributed by atoms with E-state index in [2.05, 4.69) is 0 Å². The molecule has 0 radical (unpaired) electrons. The van der Waals surface area contributed by atoms with Crippen molar-refractivity contribution in [3.05, 3.63) is 12.2 Å². The van der Waals surface area contributed by atoms with E-state index in [0.29, 0.717) is 25.7 Å². The first-order chi connectivity index (χ1) is 9.97. The van der Waals surface area contributed by atoms with Crippen LogP contribution in [0.15, 0.2) is 12.2 Å². The van der Waals surface area contributed by atoms with Crippen LogP contribution >= 0.6 is 0 Å². The van der Waals surface area contributed by atoms with Gasteiger partial charge in [-0.1, -0.05) is 31.9 Å². The average molecular weight is 291 g/mol. The fourth-order valence-corrected chi connectivity index (χ4v) is 4.24. The molecule has 4 atom stereocenters. The number of rotatable bonds is 2. The van der Waals surface area contributed by atoms with Crippen LogP contribution in [0.25, 0.3) is 0 Å². The Hall–Kier alpha value is -1.65. The topological polar surface area (TPSA) is 74.7 Å². The molecule has 2 aliphatic carbocycles. The molecule has 2 unspecified atom stereocenters. The van der Waals surface area contributed by atoms with Gasteiger partial charge in [-0.15, -0.1) is 0 Å². The van der Waals surface area contributed by atoms with E-state index in [1.807, 2.05) is 19.1 Å². The van der Waals surface area contributed by atoms with Crippen molar-refractivity contribution in [1.82, 2.24) is 4.90 Å². The van der Waals surface area contributed by atoms with Crippen molar-refractivity contribution in [1.29, 1.82) is 0 Å². The number of carboxylic acid groups (broad SMARTS) is 1. The van der Waals surface area contributed by atoms with Crippen LogP contribution in [0.3, 0.4) is 0 Å². The van der Waals surface area contributed by atoms with E-state index >= 15 is 0 Å². The molecular formula is C16H21NO4. The normalized spacial score (nSPS) is 39.5. The van der Waals surface area contributed by atoms with Gasteiger partial charge in [0.25, 0.3) is 0 Å². The molecule has 1 saturated carbocycles. The number of allylic oxidation sites excluding steroid dienone is 2. The highest BCUT2D eigenvalue weighted by Gasteiger charge is 2.59. The summed E-state index contributed by atoms with van der Waals surface area (Å²) in [4.78, 5) is 38.4. The highest BCUT2D eigenvalue weighted by Crippen LogP contribution is 2.44. The molecule has 2 amide bonds. The molecule has 1 aliphatic heterocycles. The largest absolute Gasteiger partial charge is 0.479 e. The van der Waals surface area contributed by atoms with Gasteiger partial charge in [0.2, 0.25) is 11.8 Å². The summed E-state index contributed by atoms with van der Waals surface area (Å²) in [6, 6.07) is 0. The highest BCUT2D eigenvalue weighted by atomic mass is 16.4. The third-order valence-corrected chi connectivity index (χ3v) is 5.31. The average Bonchev–Trinajstić information content (AvgIpc) is 2.71. The summed E-state index contributed by atoms with van der Waals surface area (Å²) in [7, 11) is 0. The SMILES string of the molecule is CC1CCCC(C(=O)O)(N2C(=O)[C@H]3CC=CC[C@H]3C2=O)C1. The summed E-state index contributed by atoms with van der Waals surface area (Å²) in [5.74, 6) is -2.05. The second-order valence-electron chi connectivity index (χ2n) is 6.71. The minimum absolute atomic E-state index is 0.219. The van der Waals surface area contributed by atoms with E-state index in [1.54, 1.807) is 0 Å². The number of carbonyl (C=O) groups excluding carboxylic acids is 2. The third-order valence-electron chi connectivity index (χ3n) is 5.31. The van der Waals surface area contributed by atoms with Crippen molar-refractivity contribution in [3.63, 3.8) is 0 Å². The Kier molecular flexibility index (Phi) is 3.38. The van der Waals surface area contributed by atoms with Gasteiger partial charge in [0.1, 0.15) is 5.54 Å². The number of amides is 2. The lowest BCUT2D eigenvalue weighted by molar-refractivity contribution is -0.167. The quantitative estimate of drug-likeness (QED) is 0.623. The molecule has 2 fully saturated rings. The minimum Gasteiger partial charge on any atom is -0.479 e. The first-order valence-corrected chi connectivity index (χ1v) is 7.73. The van der Waals surface area contributed by atoms with E-state index in [0.717, 1.165) is 17.7 Å². The molecule has 5 nitrogen and oxygen atoms in total. The van der Waals surface area contributed by atoms with Crippen LogP contribution in [0.1, 0.15) is 45.4 Å². The number of fused-ring (bicyclic) bond motifs is 1. The minimum atomic E-state index is -1.32. The van der Waals surface area contributed by atoms with Crippen LogP contribution in [-0.2, 0) is 14.4 Å². The zero-order chi connectivity index (χ0) is 15.2. The molecule has 3 rings (SSSR count). The van der Waals surface area contributed by atoms with E-state index in [1.165, 1.54) is 0 Å². The molecule has 0 aromatic heterocycles. The Balaban J connectivity index is 1.99. The van der Waals surface area contributed by atoms with Crippen LogP contribution in [-0.4, -0.2) is 33.3 Å². The molecule has 1 saturated heterocycles. The molecule has 0 aromatic rings. The van der Waals surface area contributed by atoms with Gasteiger partial charge in [0.15, 0.2) is 0 Å². The number of nitrogens with zero attached hydrogens (tertiary/aromatic N) is 1. The van der Waals surface area contributed by atoms with Crippen molar-refractivity contribution >= 4 is 17.8 Å². The predicted octanol–water partition coefficient (Wildman–Crippen LogP) is 1.97. The fraction of sp³-hybridized carbons (Fsp3) is 0.688. The zero-order valence-electron chi connectivity index (χ0n) is 12.2. The van der Waals surface area contributed by atoms with Crippen molar-refractivity contribution in [2.75, 3.05) is 0 Å². The summed E-state index contributed by atoms with van der Waals surface area (Å²) < 4.78 is 0. The monoisotopic (exact) mass is 291 g/mol. The fourth-order valence-electron chi connectivity index (χ4n) is 4.24. The smallest absolute Gasteiger partial charge is 0.330 e. The van der Waals surface area contributed by atoms with E-state index in [9.17, 15) is 19.5 Å². The van der Waals surface area contributed by atoms with Gasteiger partial charge in [-0.2, -0.15) is 0 Å². The number of hydrogen-bond donors (Lipinski definition) is 1. The van der Waals surface area contributed by atoms with Crippen molar-refractivity contribution < 1.29 is 19.5 Å². The van der Waals surface area contributed by atoms with Gasteiger partial charge >= 0.3 is 5.97 Å². The van der Waals surface area contributed by atoms with Crippen LogP contribution in [0, 0.1) is 17.8 Å². The van der Waals surface area contributed by atoms with E-state index in [-0.39, 0.29) is 29.6 Å². The molecule has 114 valence electrons. The molecule has 1 heterocycles. The van der Waals surface area contributed by atoms with Crippen LogP contribution < -0.4 is 0 Å². The maximum Gasteiger partial charge on any atom is 0.330 e. The first-order valence-electron chi connectivity index (χ1n) is 7.73. The lowest BCUT2D eigenvalue weighted by Gasteiger charge is -2.42. The maximum atomic E-state index is 12.7. The number of carbonyl (C=O) groups is 3. The zero-order valence-corrected chi connectivity index (χ0v) is 12.2. The first kappa shape index (κ1) is 14.3.